The summed E-state index contributed by atoms with van der Waals surface area (Å²) in [6.07, 6.45) is 3.43. The van der Waals surface area contributed by atoms with E-state index in [0.29, 0.717) is 6.42 Å². The molecule has 0 saturated carbocycles. The van der Waals surface area contributed by atoms with Crippen molar-refractivity contribution in [2.45, 2.75) is 24.3 Å². The molecule has 0 radical (unpaired) electrons. The molecule has 0 aliphatic heterocycles. The number of nitrogens with zero attached hydrogens (tertiary/aromatic N) is 2. The number of thiazole rings is 1. The van der Waals surface area contributed by atoms with Crippen LogP contribution < -0.4 is 10.5 Å². The van der Waals surface area contributed by atoms with E-state index >= 15 is 0 Å². The van der Waals surface area contributed by atoms with E-state index in [1.165, 1.54) is 17.5 Å². The van der Waals surface area contributed by atoms with Gasteiger partial charge in [-0.15, -0.1) is 11.3 Å². The van der Waals surface area contributed by atoms with E-state index in [2.05, 4.69) is 19.9 Å². The minimum absolute atomic E-state index is 0.0245. The van der Waals surface area contributed by atoms with Crippen LogP contribution >= 0.6 is 11.3 Å². The first kappa shape index (κ1) is 13.0. The molecule has 0 fully saturated rings. The van der Waals surface area contributed by atoms with Gasteiger partial charge in [0.25, 0.3) is 0 Å². The van der Waals surface area contributed by atoms with Crippen LogP contribution in [0, 0.1) is 0 Å². The van der Waals surface area contributed by atoms with E-state index in [-0.39, 0.29) is 16.8 Å². The van der Waals surface area contributed by atoms with Crippen LogP contribution in [0.5, 0.6) is 0 Å². The molecule has 0 bridgehead atoms. The van der Waals surface area contributed by atoms with Crippen LogP contribution in [0.1, 0.15) is 24.4 Å². The van der Waals surface area contributed by atoms with Crippen LogP contribution in [0.4, 0.5) is 5.82 Å². The molecule has 0 spiro atoms. The molecule has 2 aromatic rings. The van der Waals surface area contributed by atoms with Crippen molar-refractivity contribution in [1.29, 1.82) is 0 Å². The Kier molecular flexibility index (Phi) is 3.64. The van der Waals surface area contributed by atoms with Gasteiger partial charge in [0, 0.05) is 11.6 Å². The molecule has 98 valence electrons. The molecule has 9 heteroatoms. The molecule has 0 aliphatic rings. The summed E-state index contributed by atoms with van der Waals surface area (Å²) in [7, 11) is -3.69. The highest BCUT2D eigenvalue weighted by Gasteiger charge is 2.24. The third-order valence-electron chi connectivity index (χ3n) is 2.38. The van der Waals surface area contributed by atoms with Crippen molar-refractivity contribution in [2.24, 2.45) is 0 Å². The summed E-state index contributed by atoms with van der Waals surface area (Å²) in [4.78, 5) is 4.07. The maximum Gasteiger partial charge on any atom is 0.246 e. The van der Waals surface area contributed by atoms with Gasteiger partial charge in [0.15, 0.2) is 0 Å². The highest BCUT2D eigenvalue weighted by Crippen LogP contribution is 2.23. The van der Waals surface area contributed by atoms with E-state index in [1.54, 1.807) is 11.6 Å². The Labute approximate surface area is 108 Å². The topological polar surface area (TPSA) is 114 Å². The lowest BCUT2D eigenvalue weighted by Crippen LogP contribution is -2.28. The van der Waals surface area contributed by atoms with Gasteiger partial charge in [-0.2, -0.15) is 5.10 Å². The summed E-state index contributed by atoms with van der Waals surface area (Å²) in [6.45, 7) is 1.88. The smallest absolute Gasteiger partial charge is 0.246 e. The quantitative estimate of drug-likeness (QED) is 0.755. The maximum absolute atomic E-state index is 12.1. The summed E-state index contributed by atoms with van der Waals surface area (Å²) in [5.41, 5.74) is 5.51. The number of rotatable bonds is 5. The second kappa shape index (κ2) is 5.04. The molecule has 0 amide bonds. The molecule has 2 aromatic heterocycles. The van der Waals surface area contributed by atoms with E-state index in [9.17, 15) is 8.42 Å². The van der Waals surface area contributed by atoms with Crippen molar-refractivity contribution in [3.63, 3.8) is 0 Å². The summed E-state index contributed by atoms with van der Waals surface area (Å²) in [6, 6.07) is -0.357. The van der Waals surface area contributed by atoms with Gasteiger partial charge in [-0.1, -0.05) is 6.92 Å². The first-order valence-electron chi connectivity index (χ1n) is 5.25. The number of nitrogens with two attached hydrogens (primary N) is 1. The fourth-order valence-electron chi connectivity index (χ4n) is 1.46. The largest absolute Gasteiger partial charge is 0.383 e. The molecular formula is C9H13N5O2S2. The van der Waals surface area contributed by atoms with Crippen molar-refractivity contribution < 1.29 is 8.42 Å². The van der Waals surface area contributed by atoms with Crippen molar-refractivity contribution >= 4 is 27.2 Å². The van der Waals surface area contributed by atoms with Crippen LogP contribution in [0.2, 0.25) is 0 Å². The number of aromatic nitrogens is 3. The highest BCUT2D eigenvalue weighted by atomic mass is 32.2. The number of sulfonamides is 1. The Bertz CT molecular complexity index is 605. The number of hydrogen-bond donors (Lipinski definition) is 3. The molecule has 1 atom stereocenters. The van der Waals surface area contributed by atoms with Crippen molar-refractivity contribution in [1.82, 2.24) is 19.9 Å². The Morgan fingerprint density at radius 1 is 1.61 bits per heavy atom. The van der Waals surface area contributed by atoms with Gasteiger partial charge in [-0.3, -0.25) is 5.10 Å². The highest BCUT2D eigenvalue weighted by molar-refractivity contribution is 7.89. The molecule has 0 aliphatic carbocycles. The van der Waals surface area contributed by atoms with Crippen LogP contribution in [-0.2, 0) is 10.0 Å². The third-order valence-corrected chi connectivity index (χ3v) is 4.77. The lowest BCUT2D eigenvalue weighted by Gasteiger charge is -2.14. The second-order valence-corrected chi connectivity index (χ2v) is 6.21. The van der Waals surface area contributed by atoms with Crippen LogP contribution in [0.15, 0.2) is 22.7 Å². The van der Waals surface area contributed by atoms with Gasteiger partial charge in [0.1, 0.15) is 15.7 Å². The molecule has 0 aromatic carbocycles. The minimum atomic E-state index is -3.69. The standard InChI is InChI=1S/C9H13N5O2S2/c1-2-6(9-11-3-4-17-9)14-18(15,16)7-5-12-13-8(7)10/h3-6,14H,2H2,1H3,(H3,10,12,13). The van der Waals surface area contributed by atoms with E-state index in [4.69, 9.17) is 5.73 Å². The van der Waals surface area contributed by atoms with Gasteiger partial charge in [0.2, 0.25) is 10.0 Å². The molecular weight excluding hydrogens is 274 g/mol. The number of hydrogen-bond acceptors (Lipinski definition) is 6. The Morgan fingerprint density at radius 2 is 2.39 bits per heavy atom. The average molecular weight is 287 g/mol. The number of aromatic amines is 1. The predicted molar refractivity (Wildman–Crippen MR) is 68.5 cm³/mol. The molecule has 2 rings (SSSR count). The summed E-state index contributed by atoms with van der Waals surface area (Å²) in [5, 5.41) is 8.53. The predicted octanol–water partition coefficient (Wildman–Crippen LogP) is 0.878. The monoisotopic (exact) mass is 287 g/mol. The van der Waals surface area contributed by atoms with Crippen LogP contribution in [0.3, 0.4) is 0 Å². The lowest BCUT2D eigenvalue weighted by molar-refractivity contribution is 0.549. The molecule has 1 unspecified atom stereocenters. The lowest BCUT2D eigenvalue weighted by atomic mass is 10.3. The molecule has 18 heavy (non-hydrogen) atoms. The van der Waals surface area contributed by atoms with Gasteiger partial charge in [0.05, 0.1) is 12.2 Å². The van der Waals surface area contributed by atoms with Gasteiger partial charge >= 0.3 is 0 Å². The maximum atomic E-state index is 12.1. The van der Waals surface area contributed by atoms with E-state index in [1.807, 2.05) is 6.92 Å². The molecule has 7 nitrogen and oxygen atoms in total. The zero-order valence-electron chi connectivity index (χ0n) is 9.62. The Morgan fingerprint density at radius 3 is 2.89 bits per heavy atom. The number of H-pyrrole nitrogens is 1. The number of nitrogen functional groups attached to an aromatic ring is 1. The van der Waals surface area contributed by atoms with Crippen molar-refractivity contribution in [3.8, 4) is 0 Å². The third kappa shape index (κ3) is 2.52. The number of anilines is 1. The zero-order chi connectivity index (χ0) is 13.2. The molecule has 2 heterocycles. The van der Waals surface area contributed by atoms with Crippen LogP contribution in [0.25, 0.3) is 0 Å². The van der Waals surface area contributed by atoms with Crippen molar-refractivity contribution in [3.05, 3.63) is 22.8 Å². The van der Waals surface area contributed by atoms with Crippen LogP contribution in [-0.4, -0.2) is 23.6 Å². The fourth-order valence-corrected chi connectivity index (χ4v) is 3.62. The number of nitrogens with one attached hydrogen (secondary N) is 2. The van der Waals surface area contributed by atoms with Crippen molar-refractivity contribution in [2.75, 3.05) is 5.73 Å². The summed E-state index contributed by atoms with van der Waals surface area (Å²) >= 11 is 1.40. The molecule has 4 N–H and O–H groups in total. The van der Waals surface area contributed by atoms with Gasteiger partial charge in [-0.25, -0.2) is 18.1 Å². The van der Waals surface area contributed by atoms with E-state index in [0.717, 1.165) is 5.01 Å². The Hall–Kier alpha value is -1.45. The SMILES string of the molecule is CCC(NS(=O)(=O)c1cn[nH]c1N)c1nccs1. The molecule has 0 saturated heterocycles. The minimum Gasteiger partial charge on any atom is -0.383 e. The van der Waals surface area contributed by atoms with E-state index < -0.39 is 10.0 Å². The zero-order valence-corrected chi connectivity index (χ0v) is 11.3. The normalized spacial score (nSPS) is 13.6. The second-order valence-electron chi connectivity index (χ2n) is 3.60. The fraction of sp³-hybridized carbons (Fsp3) is 0.333. The first-order valence-corrected chi connectivity index (χ1v) is 7.61. The Balaban J connectivity index is 2.25. The summed E-state index contributed by atoms with van der Waals surface area (Å²) < 4.78 is 26.8. The average Bonchev–Trinajstić information content (AvgIpc) is 2.96. The first-order chi connectivity index (χ1) is 8.54. The van der Waals surface area contributed by atoms with Gasteiger partial charge in [-0.05, 0) is 6.42 Å². The van der Waals surface area contributed by atoms with Gasteiger partial charge < -0.3 is 5.73 Å². The summed E-state index contributed by atoms with van der Waals surface area (Å²) in [5.74, 6) is 0.0245.